The van der Waals surface area contributed by atoms with E-state index >= 15 is 0 Å². The highest BCUT2D eigenvalue weighted by Gasteiger charge is 2.31. The molecule has 2 aliphatic heterocycles. The van der Waals surface area contributed by atoms with Crippen LogP contribution in [0.1, 0.15) is 32.6 Å². The number of rotatable bonds is 4. The first kappa shape index (κ1) is 12.3. The Balaban J connectivity index is 1.68. The van der Waals surface area contributed by atoms with Gasteiger partial charge in [0.2, 0.25) is 0 Å². The van der Waals surface area contributed by atoms with Crippen LogP contribution in [-0.2, 0) is 14.6 Å². The molecular formula is C11H21NO3S. The van der Waals surface area contributed by atoms with Gasteiger partial charge in [0, 0.05) is 13.1 Å². The Labute approximate surface area is 97.7 Å². The van der Waals surface area contributed by atoms with Crippen LogP contribution >= 0.6 is 0 Å². The number of ether oxygens (including phenoxy) is 1. The lowest BCUT2D eigenvalue weighted by molar-refractivity contribution is 0.0562. The van der Waals surface area contributed by atoms with Crippen LogP contribution in [0.2, 0.25) is 0 Å². The lowest BCUT2D eigenvalue weighted by atomic mass is 10.2. The van der Waals surface area contributed by atoms with Gasteiger partial charge in [0.05, 0.1) is 23.2 Å². The van der Waals surface area contributed by atoms with E-state index in [1.165, 1.54) is 0 Å². The van der Waals surface area contributed by atoms with E-state index in [1.54, 1.807) is 0 Å². The summed E-state index contributed by atoms with van der Waals surface area (Å²) in [5, 5.41) is 3.08. The first-order chi connectivity index (χ1) is 7.58. The number of hydrogen-bond acceptors (Lipinski definition) is 4. The Bertz CT molecular complexity index is 328. The van der Waals surface area contributed by atoms with Gasteiger partial charge in [-0.15, -0.1) is 0 Å². The quantitative estimate of drug-likeness (QED) is 0.795. The normalized spacial score (nSPS) is 37.9. The fourth-order valence-electron chi connectivity index (χ4n) is 2.53. The molecule has 2 aliphatic rings. The molecule has 1 N–H and O–H groups in total. The van der Waals surface area contributed by atoms with Crippen LogP contribution in [0.25, 0.3) is 0 Å². The lowest BCUT2D eigenvalue weighted by Gasteiger charge is -2.14. The molecule has 0 bridgehead atoms. The summed E-state index contributed by atoms with van der Waals surface area (Å²) < 4.78 is 28.8. The van der Waals surface area contributed by atoms with Crippen LogP contribution in [-0.4, -0.2) is 44.7 Å². The molecule has 2 rings (SSSR count). The molecule has 0 aliphatic carbocycles. The molecule has 0 radical (unpaired) electrons. The summed E-state index contributed by atoms with van der Waals surface area (Å²) in [6.45, 7) is 3.47. The van der Waals surface area contributed by atoms with Crippen molar-refractivity contribution >= 4 is 9.84 Å². The first-order valence-corrected chi connectivity index (χ1v) is 7.87. The van der Waals surface area contributed by atoms with Crippen LogP contribution in [0.3, 0.4) is 0 Å². The molecule has 2 heterocycles. The van der Waals surface area contributed by atoms with Crippen molar-refractivity contribution in [3.8, 4) is 0 Å². The van der Waals surface area contributed by atoms with E-state index in [1.807, 2.05) is 0 Å². The maximum absolute atomic E-state index is 11.6. The minimum atomic E-state index is -2.80. The summed E-state index contributed by atoms with van der Waals surface area (Å²) >= 11 is 0. The molecule has 0 aromatic carbocycles. The Kier molecular flexibility index (Phi) is 3.87. The Morgan fingerprint density at radius 1 is 1.25 bits per heavy atom. The van der Waals surface area contributed by atoms with Crippen LogP contribution in [0.4, 0.5) is 0 Å². The van der Waals surface area contributed by atoms with Gasteiger partial charge in [-0.3, -0.25) is 0 Å². The smallest absolute Gasteiger partial charge is 0.154 e. The van der Waals surface area contributed by atoms with Gasteiger partial charge in [-0.2, -0.15) is 0 Å². The largest absolute Gasteiger partial charge is 0.374 e. The lowest BCUT2D eigenvalue weighted by Crippen LogP contribution is -2.35. The maximum Gasteiger partial charge on any atom is 0.154 e. The van der Waals surface area contributed by atoms with E-state index < -0.39 is 9.84 Å². The first-order valence-electron chi connectivity index (χ1n) is 6.15. The van der Waals surface area contributed by atoms with Gasteiger partial charge >= 0.3 is 0 Å². The second-order valence-corrected chi connectivity index (χ2v) is 7.34. The average Bonchev–Trinajstić information content (AvgIpc) is 2.74. The summed E-state index contributed by atoms with van der Waals surface area (Å²) in [5.74, 6) is 0.371. The van der Waals surface area contributed by atoms with Crippen molar-refractivity contribution in [1.82, 2.24) is 5.32 Å². The van der Waals surface area contributed by atoms with E-state index in [0.29, 0.717) is 18.4 Å². The van der Waals surface area contributed by atoms with Crippen LogP contribution < -0.4 is 5.32 Å². The van der Waals surface area contributed by atoms with Crippen molar-refractivity contribution in [3.63, 3.8) is 0 Å². The van der Waals surface area contributed by atoms with Crippen molar-refractivity contribution in [1.29, 1.82) is 0 Å². The molecule has 3 atom stereocenters. The molecule has 0 aromatic rings. The van der Waals surface area contributed by atoms with E-state index in [2.05, 4.69) is 12.2 Å². The summed E-state index contributed by atoms with van der Waals surface area (Å²) in [4.78, 5) is 0. The third-order valence-corrected chi connectivity index (χ3v) is 5.80. The predicted octanol–water partition coefficient (Wildman–Crippen LogP) is 0.721. The second kappa shape index (κ2) is 5.02. The van der Waals surface area contributed by atoms with Crippen LogP contribution in [0, 0.1) is 0 Å². The van der Waals surface area contributed by atoms with Crippen molar-refractivity contribution in [3.05, 3.63) is 0 Å². The van der Waals surface area contributed by atoms with E-state index in [4.69, 9.17) is 4.74 Å². The Hall–Kier alpha value is -0.130. The zero-order valence-corrected chi connectivity index (χ0v) is 10.6. The van der Waals surface area contributed by atoms with Gasteiger partial charge in [0.1, 0.15) is 0 Å². The molecule has 2 fully saturated rings. The third-order valence-electron chi connectivity index (χ3n) is 3.53. The van der Waals surface area contributed by atoms with Crippen molar-refractivity contribution in [2.45, 2.75) is 50.1 Å². The van der Waals surface area contributed by atoms with Gasteiger partial charge in [-0.1, -0.05) is 0 Å². The Morgan fingerprint density at radius 2 is 2.06 bits per heavy atom. The summed E-state index contributed by atoms with van der Waals surface area (Å²) in [7, 11) is -2.80. The minimum absolute atomic E-state index is 0.161. The fraction of sp³-hybridized carbons (Fsp3) is 1.00. The van der Waals surface area contributed by atoms with Gasteiger partial charge in [-0.05, 0) is 32.6 Å². The van der Waals surface area contributed by atoms with E-state index in [9.17, 15) is 8.42 Å². The molecule has 4 nitrogen and oxygen atoms in total. The summed E-state index contributed by atoms with van der Waals surface area (Å²) in [5.41, 5.74) is 0. The molecule has 94 valence electrons. The van der Waals surface area contributed by atoms with Gasteiger partial charge in [0.15, 0.2) is 9.84 Å². The number of nitrogens with one attached hydrogen (secondary N) is 1. The molecule has 0 saturated carbocycles. The molecule has 0 spiro atoms. The number of hydrogen-bond donors (Lipinski definition) is 1. The molecule has 2 saturated heterocycles. The van der Waals surface area contributed by atoms with Gasteiger partial charge in [-0.25, -0.2) is 8.42 Å². The van der Waals surface area contributed by atoms with Crippen molar-refractivity contribution in [2.75, 3.05) is 18.8 Å². The predicted molar refractivity (Wildman–Crippen MR) is 63.2 cm³/mol. The average molecular weight is 247 g/mol. The van der Waals surface area contributed by atoms with Crippen LogP contribution in [0.5, 0.6) is 0 Å². The standard InChI is InChI=1S/C11H21NO3S/c1-9-4-5-10(15-9)7-12-8-11-3-2-6-16(11,13)14/h9-12H,2-8H2,1H3. The highest BCUT2D eigenvalue weighted by Crippen LogP contribution is 2.20. The Morgan fingerprint density at radius 3 is 2.62 bits per heavy atom. The molecule has 16 heavy (non-hydrogen) atoms. The van der Waals surface area contributed by atoms with Crippen LogP contribution in [0.15, 0.2) is 0 Å². The number of sulfone groups is 1. The molecule has 0 amide bonds. The molecule has 5 heteroatoms. The fourth-order valence-corrected chi connectivity index (χ4v) is 4.33. The SMILES string of the molecule is CC1CCC(CNCC2CCCS2(=O)=O)O1. The third kappa shape index (κ3) is 2.96. The van der Waals surface area contributed by atoms with E-state index in [0.717, 1.165) is 32.2 Å². The zero-order chi connectivity index (χ0) is 11.6. The highest BCUT2D eigenvalue weighted by molar-refractivity contribution is 7.92. The van der Waals surface area contributed by atoms with E-state index in [-0.39, 0.29) is 11.4 Å². The van der Waals surface area contributed by atoms with Gasteiger partial charge in [0.25, 0.3) is 0 Å². The van der Waals surface area contributed by atoms with Gasteiger partial charge < -0.3 is 10.1 Å². The summed E-state index contributed by atoms with van der Waals surface area (Å²) in [6.07, 6.45) is 4.49. The van der Waals surface area contributed by atoms with Crippen molar-refractivity contribution < 1.29 is 13.2 Å². The molecular weight excluding hydrogens is 226 g/mol. The highest BCUT2D eigenvalue weighted by atomic mass is 32.2. The van der Waals surface area contributed by atoms with Crippen molar-refractivity contribution in [2.24, 2.45) is 0 Å². The maximum atomic E-state index is 11.6. The zero-order valence-electron chi connectivity index (χ0n) is 9.81. The second-order valence-electron chi connectivity index (χ2n) is 4.94. The molecule has 3 unspecified atom stereocenters. The monoisotopic (exact) mass is 247 g/mol. The molecule has 0 aromatic heterocycles. The topological polar surface area (TPSA) is 55.4 Å². The summed E-state index contributed by atoms with van der Waals surface area (Å²) in [6, 6.07) is 0. The minimum Gasteiger partial charge on any atom is -0.374 e.